The summed E-state index contributed by atoms with van der Waals surface area (Å²) in [6, 6.07) is 8.28. The Hall–Kier alpha value is -1.42. The molecular weight excluding hydrogens is 285 g/mol. The predicted molar refractivity (Wildman–Crippen MR) is 67.5 cm³/mol. The summed E-state index contributed by atoms with van der Waals surface area (Å²) in [6.07, 6.45) is 4.30. The van der Waals surface area contributed by atoms with Gasteiger partial charge in [0.1, 0.15) is 11.6 Å². The lowest BCUT2D eigenvalue weighted by Crippen LogP contribution is -2.01. The van der Waals surface area contributed by atoms with Crippen LogP contribution in [0.3, 0.4) is 0 Å². The zero-order valence-corrected chi connectivity index (χ0v) is 10.7. The lowest BCUT2D eigenvalue weighted by molar-refractivity contribution is 0.319. The second-order valence-corrected chi connectivity index (χ2v) is 4.38. The van der Waals surface area contributed by atoms with Gasteiger partial charge in [0.05, 0.1) is 11.1 Å². The third-order valence-electron chi connectivity index (χ3n) is 2.29. The second-order valence-electron chi connectivity index (χ2n) is 3.53. The maximum atomic E-state index is 12.8. The van der Waals surface area contributed by atoms with Crippen LogP contribution in [-0.2, 0) is 6.42 Å². The van der Waals surface area contributed by atoms with E-state index in [2.05, 4.69) is 20.9 Å². The topological polar surface area (TPSA) is 22.1 Å². The van der Waals surface area contributed by atoms with Crippen molar-refractivity contribution in [3.63, 3.8) is 0 Å². The Morgan fingerprint density at radius 3 is 2.65 bits per heavy atom. The molecular formula is C13H11BrFNO. The minimum absolute atomic E-state index is 0.279. The molecule has 0 amide bonds. The molecule has 0 N–H and O–H groups in total. The Labute approximate surface area is 108 Å². The Morgan fingerprint density at radius 1 is 1.18 bits per heavy atom. The fourth-order valence-electron chi connectivity index (χ4n) is 1.42. The first-order chi connectivity index (χ1) is 8.25. The molecule has 17 heavy (non-hydrogen) atoms. The van der Waals surface area contributed by atoms with Gasteiger partial charge in [-0.3, -0.25) is 4.98 Å². The van der Waals surface area contributed by atoms with Gasteiger partial charge in [-0.05, 0) is 51.8 Å². The standard InChI is InChI=1S/C13H11BrFNO/c14-12-9-11(15)1-2-13(12)17-8-5-10-3-6-16-7-4-10/h1-4,6-7,9H,5,8H2. The molecule has 1 aromatic heterocycles. The van der Waals surface area contributed by atoms with E-state index in [9.17, 15) is 4.39 Å². The molecule has 0 unspecified atom stereocenters. The predicted octanol–water partition coefficient (Wildman–Crippen LogP) is 3.60. The van der Waals surface area contributed by atoms with Gasteiger partial charge < -0.3 is 4.74 Å². The van der Waals surface area contributed by atoms with Gasteiger partial charge in [-0.2, -0.15) is 0 Å². The number of pyridine rings is 1. The molecule has 0 aliphatic heterocycles. The van der Waals surface area contributed by atoms with Crippen molar-refractivity contribution in [3.8, 4) is 5.75 Å². The van der Waals surface area contributed by atoms with Crippen LogP contribution in [0.5, 0.6) is 5.75 Å². The highest BCUT2D eigenvalue weighted by Crippen LogP contribution is 2.25. The molecule has 2 nitrogen and oxygen atoms in total. The Bertz CT molecular complexity index is 490. The normalized spacial score (nSPS) is 10.2. The third kappa shape index (κ3) is 3.53. The van der Waals surface area contributed by atoms with E-state index in [1.807, 2.05) is 12.1 Å². The molecule has 0 saturated heterocycles. The molecule has 0 atom stereocenters. The Kier molecular flexibility index (Phi) is 4.09. The highest BCUT2D eigenvalue weighted by molar-refractivity contribution is 9.10. The van der Waals surface area contributed by atoms with Crippen molar-refractivity contribution >= 4 is 15.9 Å². The van der Waals surface area contributed by atoms with Crippen LogP contribution < -0.4 is 4.74 Å². The van der Waals surface area contributed by atoms with Crippen LogP contribution in [0.2, 0.25) is 0 Å². The van der Waals surface area contributed by atoms with Gasteiger partial charge in [0.2, 0.25) is 0 Å². The van der Waals surface area contributed by atoms with Crippen molar-refractivity contribution < 1.29 is 9.13 Å². The lowest BCUT2D eigenvalue weighted by Gasteiger charge is -2.08. The molecule has 0 radical (unpaired) electrons. The van der Waals surface area contributed by atoms with Gasteiger partial charge in [0, 0.05) is 18.8 Å². The average molecular weight is 296 g/mol. The van der Waals surface area contributed by atoms with Crippen LogP contribution in [-0.4, -0.2) is 11.6 Å². The molecule has 0 bridgehead atoms. The number of ether oxygens (including phenoxy) is 1. The number of rotatable bonds is 4. The van der Waals surface area contributed by atoms with E-state index in [1.54, 1.807) is 18.5 Å². The van der Waals surface area contributed by atoms with Crippen LogP contribution in [0, 0.1) is 5.82 Å². The van der Waals surface area contributed by atoms with Gasteiger partial charge in [-0.1, -0.05) is 0 Å². The number of nitrogens with zero attached hydrogens (tertiary/aromatic N) is 1. The SMILES string of the molecule is Fc1ccc(OCCc2ccncc2)c(Br)c1. The van der Waals surface area contributed by atoms with E-state index in [4.69, 9.17) is 4.74 Å². The van der Waals surface area contributed by atoms with Crippen LogP contribution in [0.4, 0.5) is 4.39 Å². The summed E-state index contributed by atoms with van der Waals surface area (Å²) >= 11 is 3.26. The molecule has 0 fully saturated rings. The number of benzene rings is 1. The number of hydrogen-bond acceptors (Lipinski definition) is 2. The van der Waals surface area contributed by atoms with E-state index < -0.39 is 0 Å². The van der Waals surface area contributed by atoms with E-state index in [0.29, 0.717) is 16.8 Å². The number of halogens is 2. The molecule has 88 valence electrons. The van der Waals surface area contributed by atoms with E-state index in [1.165, 1.54) is 17.7 Å². The van der Waals surface area contributed by atoms with Crippen molar-refractivity contribution in [2.45, 2.75) is 6.42 Å². The van der Waals surface area contributed by atoms with Gasteiger partial charge in [0.25, 0.3) is 0 Å². The molecule has 2 rings (SSSR count). The van der Waals surface area contributed by atoms with E-state index in [-0.39, 0.29) is 5.82 Å². The average Bonchev–Trinajstić information content (AvgIpc) is 2.33. The van der Waals surface area contributed by atoms with E-state index >= 15 is 0 Å². The fourth-order valence-corrected chi connectivity index (χ4v) is 1.89. The molecule has 0 saturated carbocycles. The maximum absolute atomic E-state index is 12.8. The fraction of sp³-hybridized carbons (Fsp3) is 0.154. The van der Waals surface area contributed by atoms with Gasteiger partial charge in [-0.25, -0.2) is 4.39 Å². The van der Waals surface area contributed by atoms with Crippen LogP contribution in [0.25, 0.3) is 0 Å². The van der Waals surface area contributed by atoms with Crippen molar-refractivity contribution in [3.05, 3.63) is 58.6 Å². The lowest BCUT2D eigenvalue weighted by atomic mass is 10.2. The molecule has 2 aromatic rings. The van der Waals surface area contributed by atoms with Crippen LogP contribution >= 0.6 is 15.9 Å². The summed E-state index contributed by atoms with van der Waals surface area (Å²) in [4.78, 5) is 3.95. The summed E-state index contributed by atoms with van der Waals surface area (Å²) in [7, 11) is 0. The smallest absolute Gasteiger partial charge is 0.133 e. The monoisotopic (exact) mass is 295 g/mol. The summed E-state index contributed by atoms with van der Waals surface area (Å²) in [5.74, 6) is 0.374. The molecule has 0 aliphatic rings. The van der Waals surface area contributed by atoms with Crippen molar-refractivity contribution in [2.24, 2.45) is 0 Å². The first-order valence-corrected chi connectivity index (χ1v) is 6.02. The summed E-state index contributed by atoms with van der Waals surface area (Å²) in [5.41, 5.74) is 1.17. The minimum atomic E-state index is -0.279. The summed E-state index contributed by atoms with van der Waals surface area (Å²) < 4.78 is 19.0. The van der Waals surface area contributed by atoms with Crippen molar-refractivity contribution in [1.29, 1.82) is 0 Å². The zero-order valence-electron chi connectivity index (χ0n) is 9.07. The van der Waals surface area contributed by atoms with Crippen molar-refractivity contribution in [2.75, 3.05) is 6.61 Å². The number of aromatic nitrogens is 1. The zero-order chi connectivity index (χ0) is 12.1. The van der Waals surface area contributed by atoms with Crippen LogP contribution in [0.1, 0.15) is 5.56 Å². The quantitative estimate of drug-likeness (QED) is 0.860. The van der Waals surface area contributed by atoms with Gasteiger partial charge in [0.15, 0.2) is 0 Å². The molecule has 4 heteroatoms. The highest BCUT2D eigenvalue weighted by atomic mass is 79.9. The molecule has 0 spiro atoms. The third-order valence-corrected chi connectivity index (χ3v) is 2.91. The first kappa shape index (κ1) is 12.0. The number of hydrogen-bond donors (Lipinski definition) is 0. The largest absolute Gasteiger partial charge is 0.492 e. The molecule has 1 heterocycles. The summed E-state index contributed by atoms with van der Waals surface area (Å²) in [6.45, 7) is 0.550. The van der Waals surface area contributed by atoms with E-state index in [0.717, 1.165) is 6.42 Å². The molecule has 1 aromatic carbocycles. The second kappa shape index (κ2) is 5.77. The van der Waals surface area contributed by atoms with Gasteiger partial charge >= 0.3 is 0 Å². The first-order valence-electron chi connectivity index (χ1n) is 5.22. The van der Waals surface area contributed by atoms with Gasteiger partial charge in [-0.15, -0.1) is 0 Å². The van der Waals surface area contributed by atoms with Crippen molar-refractivity contribution in [1.82, 2.24) is 4.98 Å². The summed E-state index contributed by atoms with van der Waals surface area (Å²) in [5, 5.41) is 0. The Balaban J connectivity index is 1.90. The minimum Gasteiger partial charge on any atom is -0.492 e. The maximum Gasteiger partial charge on any atom is 0.133 e. The van der Waals surface area contributed by atoms with Crippen LogP contribution in [0.15, 0.2) is 47.2 Å². The highest BCUT2D eigenvalue weighted by Gasteiger charge is 2.02. The Morgan fingerprint density at radius 2 is 1.94 bits per heavy atom. The molecule has 0 aliphatic carbocycles.